The van der Waals surface area contributed by atoms with E-state index in [0.29, 0.717) is 22.5 Å². The summed E-state index contributed by atoms with van der Waals surface area (Å²) in [6.45, 7) is 5.65. The standard InChI is InChI=1S/C27H32FN5O2/c1-16(2)33-24(26(29)34)15-23(32-33)25(18-8-5-4-6-9-18)27(35)31-19-11-12-21(22(28)14-19)20-10-7-13-30-17(20)3/h7,10-16,18,25H,4-6,8-9H2,1-3H3,(H2,29,34)(H,31,35)/t25-/m0/s1. The zero-order valence-corrected chi connectivity index (χ0v) is 20.4. The second kappa shape index (κ2) is 10.4. The molecule has 35 heavy (non-hydrogen) atoms. The summed E-state index contributed by atoms with van der Waals surface area (Å²) in [6.07, 6.45) is 6.67. The number of carbonyl (C=O) groups excluding carboxylic acids is 2. The van der Waals surface area contributed by atoms with Crippen LogP contribution in [0.5, 0.6) is 0 Å². The first-order chi connectivity index (χ1) is 16.8. The lowest BCUT2D eigenvalue weighted by atomic mass is 9.78. The lowest BCUT2D eigenvalue weighted by Gasteiger charge is -2.28. The van der Waals surface area contributed by atoms with Crippen LogP contribution in [-0.2, 0) is 4.79 Å². The summed E-state index contributed by atoms with van der Waals surface area (Å²) < 4.78 is 16.6. The van der Waals surface area contributed by atoms with Gasteiger partial charge < -0.3 is 11.1 Å². The van der Waals surface area contributed by atoms with E-state index in [1.165, 1.54) is 6.07 Å². The highest BCUT2D eigenvalue weighted by Crippen LogP contribution is 2.37. The van der Waals surface area contributed by atoms with Crippen LogP contribution in [0.2, 0.25) is 0 Å². The number of aromatic nitrogens is 3. The number of nitrogens with one attached hydrogen (secondary N) is 1. The summed E-state index contributed by atoms with van der Waals surface area (Å²) in [4.78, 5) is 29.8. The van der Waals surface area contributed by atoms with E-state index in [2.05, 4.69) is 15.4 Å². The summed E-state index contributed by atoms with van der Waals surface area (Å²) in [5.74, 6) is -1.75. The number of primary amides is 1. The number of halogens is 1. The maximum absolute atomic E-state index is 15.0. The lowest BCUT2D eigenvalue weighted by molar-refractivity contribution is -0.119. The molecule has 1 fully saturated rings. The van der Waals surface area contributed by atoms with E-state index in [-0.39, 0.29) is 23.6 Å². The predicted molar refractivity (Wildman–Crippen MR) is 133 cm³/mol. The molecule has 0 unspecified atom stereocenters. The van der Waals surface area contributed by atoms with E-state index < -0.39 is 17.6 Å². The van der Waals surface area contributed by atoms with Crippen LogP contribution in [0.3, 0.4) is 0 Å². The average Bonchev–Trinajstić information content (AvgIpc) is 3.26. The SMILES string of the molecule is Cc1ncccc1-c1ccc(NC(=O)[C@H](c2cc(C(N)=O)n(C(C)C)n2)C2CCCCC2)cc1F. The predicted octanol–water partition coefficient (Wildman–Crippen LogP) is 5.38. The summed E-state index contributed by atoms with van der Waals surface area (Å²) in [5, 5.41) is 7.52. The number of pyridine rings is 1. The average molecular weight is 478 g/mol. The number of hydrogen-bond donors (Lipinski definition) is 2. The molecule has 1 aromatic carbocycles. The number of amides is 2. The first-order valence-electron chi connectivity index (χ1n) is 12.2. The van der Waals surface area contributed by atoms with Crippen LogP contribution in [0.25, 0.3) is 11.1 Å². The molecule has 184 valence electrons. The third-order valence-electron chi connectivity index (χ3n) is 6.75. The van der Waals surface area contributed by atoms with Gasteiger partial charge in [-0.1, -0.05) is 25.3 Å². The number of nitrogens with two attached hydrogens (primary N) is 1. The Hall–Kier alpha value is -3.55. The van der Waals surface area contributed by atoms with Gasteiger partial charge >= 0.3 is 0 Å². The van der Waals surface area contributed by atoms with Gasteiger partial charge in [-0.15, -0.1) is 0 Å². The van der Waals surface area contributed by atoms with Crippen molar-refractivity contribution in [2.75, 3.05) is 5.32 Å². The molecule has 7 nitrogen and oxygen atoms in total. The van der Waals surface area contributed by atoms with E-state index in [1.807, 2.05) is 26.8 Å². The molecule has 4 rings (SSSR count). The van der Waals surface area contributed by atoms with Gasteiger partial charge in [-0.05, 0) is 69.9 Å². The molecule has 0 saturated heterocycles. The Morgan fingerprint density at radius 1 is 1.11 bits per heavy atom. The Bertz CT molecular complexity index is 1230. The third kappa shape index (κ3) is 5.26. The van der Waals surface area contributed by atoms with Gasteiger partial charge in [-0.2, -0.15) is 5.10 Å². The Labute approximate surface area is 204 Å². The van der Waals surface area contributed by atoms with E-state index >= 15 is 4.39 Å². The van der Waals surface area contributed by atoms with Crippen LogP contribution in [0.1, 0.15) is 79.8 Å². The van der Waals surface area contributed by atoms with E-state index in [4.69, 9.17) is 5.73 Å². The minimum absolute atomic E-state index is 0.0844. The quantitative estimate of drug-likeness (QED) is 0.477. The van der Waals surface area contributed by atoms with Gasteiger partial charge in [-0.3, -0.25) is 19.3 Å². The number of anilines is 1. The molecule has 0 bridgehead atoms. The Morgan fingerprint density at radius 3 is 2.46 bits per heavy atom. The van der Waals surface area contributed by atoms with Gasteiger partial charge in [0.25, 0.3) is 5.91 Å². The third-order valence-corrected chi connectivity index (χ3v) is 6.75. The van der Waals surface area contributed by atoms with Crippen molar-refractivity contribution in [1.29, 1.82) is 0 Å². The molecule has 1 saturated carbocycles. The monoisotopic (exact) mass is 477 g/mol. The molecule has 2 amide bonds. The minimum Gasteiger partial charge on any atom is -0.364 e. The van der Waals surface area contributed by atoms with Crippen molar-refractivity contribution in [2.45, 2.75) is 64.8 Å². The van der Waals surface area contributed by atoms with Gasteiger partial charge in [0.15, 0.2) is 0 Å². The maximum Gasteiger partial charge on any atom is 0.266 e. The van der Waals surface area contributed by atoms with Gasteiger partial charge in [0, 0.05) is 34.7 Å². The van der Waals surface area contributed by atoms with Crippen molar-refractivity contribution in [2.24, 2.45) is 11.7 Å². The molecule has 3 aromatic rings. The molecule has 0 radical (unpaired) electrons. The second-order valence-electron chi connectivity index (χ2n) is 9.55. The molecule has 0 spiro atoms. The summed E-state index contributed by atoms with van der Waals surface area (Å²) in [5.41, 5.74) is 8.64. The Balaban J connectivity index is 1.65. The summed E-state index contributed by atoms with van der Waals surface area (Å²) in [6, 6.07) is 9.82. The number of aryl methyl sites for hydroxylation is 1. The smallest absolute Gasteiger partial charge is 0.266 e. The fourth-order valence-electron chi connectivity index (χ4n) is 5.00. The van der Waals surface area contributed by atoms with Crippen molar-refractivity contribution in [3.8, 4) is 11.1 Å². The Morgan fingerprint density at radius 2 is 1.86 bits per heavy atom. The normalized spacial score (nSPS) is 15.2. The molecule has 1 aliphatic rings. The van der Waals surface area contributed by atoms with Crippen molar-refractivity contribution < 1.29 is 14.0 Å². The van der Waals surface area contributed by atoms with E-state index in [0.717, 1.165) is 37.8 Å². The van der Waals surface area contributed by atoms with Gasteiger partial charge in [0.1, 0.15) is 11.5 Å². The zero-order valence-electron chi connectivity index (χ0n) is 20.4. The summed E-state index contributed by atoms with van der Waals surface area (Å²) >= 11 is 0. The van der Waals surface area contributed by atoms with Crippen LogP contribution >= 0.6 is 0 Å². The molecule has 1 aliphatic carbocycles. The number of benzene rings is 1. The first-order valence-corrected chi connectivity index (χ1v) is 12.2. The van der Waals surface area contributed by atoms with Crippen LogP contribution in [0, 0.1) is 18.7 Å². The molecule has 2 heterocycles. The highest BCUT2D eigenvalue weighted by molar-refractivity contribution is 5.97. The highest BCUT2D eigenvalue weighted by Gasteiger charge is 2.34. The number of hydrogen-bond acceptors (Lipinski definition) is 4. The molecule has 3 N–H and O–H groups in total. The van der Waals surface area contributed by atoms with Crippen molar-refractivity contribution in [1.82, 2.24) is 14.8 Å². The van der Waals surface area contributed by atoms with Crippen LogP contribution in [0.4, 0.5) is 10.1 Å². The minimum atomic E-state index is -0.580. The largest absolute Gasteiger partial charge is 0.364 e. The van der Waals surface area contributed by atoms with Crippen molar-refractivity contribution >= 4 is 17.5 Å². The molecular weight excluding hydrogens is 445 g/mol. The number of nitrogens with zero attached hydrogens (tertiary/aromatic N) is 3. The number of rotatable bonds is 7. The first kappa shape index (κ1) is 24.6. The molecule has 8 heteroatoms. The molecule has 2 aromatic heterocycles. The van der Waals surface area contributed by atoms with Gasteiger partial charge in [0.05, 0.1) is 11.6 Å². The lowest BCUT2D eigenvalue weighted by Crippen LogP contribution is -2.29. The number of carbonyl (C=O) groups is 2. The highest BCUT2D eigenvalue weighted by atomic mass is 19.1. The second-order valence-corrected chi connectivity index (χ2v) is 9.55. The molecular formula is C27H32FN5O2. The van der Waals surface area contributed by atoms with Crippen LogP contribution < -0.4 is 11.1 Å². The van der Waals surface area contributed by atoms with Crippen LogP contribution in [-0.4, -0.2) is 26.6 Å². The molecule has 1 atom stereocenters. The van der Waals surface area contributed by atoms with Gasteiger partial charge in [-0.25, -0.2) is 4.39 Å². The topological polar surface area (TPSA) is 103 Å². The Kier molecular flexibility index (Phi) is 7.28. The maximum atomic E-state index is 15.0. The van der Waals surface area contributed by atoms with E-state index in [1.54, 1.807) is 35.1 Å². The van der Waals surface area contributed by atoms with E-state index in [9.17, 15) is 9.59 Å². The fourth-order valence-corrected chi connectivity index (χ4v) is 5.00. The van der Waals surface area contributed by atoms with Crippen molar-refractivity contribution in [3.05, 3.63) is 65.5 Å². The fraction of sp³-hybridized carbons (Fsp3) is 0.407. The van der Waals surface area contributed by atoms with Gasteiger partial charge in [0.2, 0.25) is 5.91 Å². The summed E-state index contributed by atoms with van der Waals surface area (Å²) in [7, 11) is 0. The van der Waals surface area contributed by atoms with Crippen LogP contribution in [0.15, 0.2) is 42.6 Å². The van der Waals surface area contributed by atoms with Crippen molar-refractivity contribution in [3.63, 3.8) is 0 Å². The molecule has 0 aliphatic heterocycles. The zero-order chi connectivity index (χ0) is 25.1.